The van der Waals surface area contributed by atoms with Gasteiger partial charge in [0.2, 0.25) is 0 Å². The smallest absolute Gasteiger partial charge is 0.344 e. The Bertz CT molecular complexity index is 1330. The highest BCUT2D eigenvalue weighted by molar-refractivity contribution is 9.10. The summed E-state index contributed by atoms with van der Waals surface area (Å²) in [6.45, 7) is 9.88. The van der Waals surface area contributed by atoms with Gasteiger partial charge in [0.25, 0.3) is 5.56 Å². The highest BCUT2D eigenvalue weighted by Gasteiger charge is 2.16. The Hall–Kier alpha value is -3.46. The van der Waals surface area contributed by atoms with Gasteiger partial charge in [-0.2, -0.15) is 9.78 Å². The number of ether oxygens (including phenoxy) is 3. The van der Waals surface area contributed by atoms with E-state index in [0.29, 0.717) is 53.2 Å². The van der Waals surface area contributed by atoms with Gasteiger partial charge >= 0.3 is 5.97 Å². The number of allylic oxidation sites excluding steroid dienone is 1. The lowest BCUT2D eigenvalue weighted by Crippen LogP contribution is -2.22. The van der Waals surface area contributed by atoms with Crippen LogP contribution in [0.1, 0.15) is 44.1 Å². The number of halogens is 1. The van der Waals surface area contributed by atoms with Crippen LogP contribution in [0, 0.1) is 0 Å². The minimum Gasteiger partial charge on any atom is -0.490 e. The Balaban J connectivity index is 2.06. The molecule has 0 N–H and O–H groups in total. The first-order valence-corrected chi connectivity index (χ1v) is 12.7. The molecule has 36 heavy (non-hydrogen) atoms. The molecule has 0 unspecified atom stereocenters. The quantitative estimate of drug-likeness (QED) is 0.176. The fourth-order valence-corrected chi connectivity index (χ4v) is 4.01. The number of nitrogens with zero attached hydrogens (tertiary/aromatic N) is 3. The summed E-state index contributed by atoms with van der Waals surface area (Å²) in [6.07, 6.45) is 5.22. The van der Waals surface area contributed by atoms with Crippen molar-refractivity contribution in [2.75, 3.05) is 19.8 Å². The number of aryl methyl sites for hydroxylation is 1. The molecular weight excluding hydrogens is 526 g/mol. The van der Waals surface area contributed by atoms with Crippen molar-refractivity contribution in [2.24, 2.45) is 5.10 Å². The van der Waals surface area contributed by atoms with E-state index in [-0.39, 0.29) is 18.8 Å². The zero-order chi connectivity index (χ0) is 26.1. The first-order valence-electron chi connectivity index (χ1n) is 11.9. The van der Waals surface area contributed by atoms with Gasteiger partial charge in [-0.3, -0.25) is 4.79 Å². The number of benzene rings is 2. The standard InChI is InChI=1S/C27H30BrN3O5/c1-5-9-19-13-18(14-23(34-7-3)26(19)36-17-25(32)35-8-4)16-29-31-24(10-6-2)30-22-12-11-20(28)15-21(22)27(31)33/h5,11-16H,1,6-10,17H2,2-4H3. The summed E-state index contributed by atoms with van der Waals surface area (Å²) < 4.78 is 18.7. The van der Waals surface area contributed by atoms with Crippen LogP contribution in [0.2, 0.25) is 0 Å². The van der Waals surface area contributed by atoms with Gasteiger partial charge in [0, 0.05) is 16.5 Å². The second-order valence-corrected chi connectivity index (χ2v) is 8.74. The molecule has 1 heterocycles. The molecule has 2 aromatic carbocycles. The average Bonchev–Trinajstić information content (AvgIpc) is 2.84. The van der Waals surface area contributed by atoms with E-state index >= 15 is 0 Å². The molecular formula is C27H30BrN3O5. The minimum atomic E-state index is -0.464. The molecule has 0 spiro atoms. The van der Waals surface area contributed by atoms with E-state index < -0.39 is 5.97 Å². The van der Waals surface area contributed by atoms with Crippen LogP contribution in [0.5, 0.6) is 11.5 Å². The molecule has 8 nitrogen and oxygen atoms in total. The van der Waals surface area contributed by atoms with E-state index in [2.05, 4.69) is 32.6 Å². The van der Waals surface area contributed by atoms with Crippen molar-refractivity contribution in [3.63, 3.8) is 0 Å². The fourth-order valence-electron chi connectivity index (χ4n) is 3.65. The molecule has 3 aromatic rings. The number of carbonyl (C=O) groups excluding carboxylic acids is 1. The van der Waals surface area contributed by atoms with E-state index in [9.17, 15) is 9.59 Å². The lowest BCUT2D eigenvalue weighted by atomic mass is 10.1. The normalized spacial score (nSPS) is 11.1. The van der Waals surface area contributed by atoms with E-state index in [0.717, 1.165) is 16.5 Å². The topological polar surface area (TPSA) is 92.0 Å². The Morgan fingerprint density at radius 3 is 2.67 bits per heavy atom. The van der Waals surface area contributed by atoms with Crippen LogP contribution in [-0.2, 0) is 22.4 Å². The number of rotatable bonds is 12. The number of esters is 1. The summed E-state index contributed by atoms with van der Waals surface area (Å²) in [5.41, 5.74) is 1.85. The lowest BCUT2D eigenvalue weighted by Gasteiger charge is -2.16. The Kier molecular flexibility index (Phi) is 9.81. The number of hydrogen-bond donors (Lipinski definition) is 0. The van der Waals surface area contributed by atoms with Crippen molar-refractivity contribution in [1.82, 2.24) is 9.66 Å². The monoisotopic (exact) mass is 555 g/mol. The van der Waals surface area contributed by atoms with Gasteiger partial charge in [-0.15, -0.1) is 6.58 Å². The van der Waals surface area contributed by atoms with Crippen molar-refractivity contribution >= 4 is 39.0 Å². The van der Waals surface area contributed by atoms with Crippen LogP contribution in [0.4, 0.5) is 0 Å². The second kappa shape index (κ2) is 13.0. The molecule has 0 aliphatic rings. The molecule has 0 aliphatic heterocycles. The van der Waals surface area contributed by atoms with Crippen LogP contribution in [-0.4, -0.2) is 41.7 Å². The number of fused-ring (bicyclic) bond motifs is 1. The average molecular weight is 556 g/mol. The van der Waals surface area contributed by atoms with Gasteiger partial charge in [0.15, 0.2) is 18.1 Å². The van der Waals surface area contributed by atoms with Crippen molar-refractivity contribution in [2.45, 2.75) is 40.0 Å². The second-order valence-electron chi connectivity index (χ2n) is 7.83. The van der Waals surface area contributed by atoms with Crippen LogP contribution in [0.25, 0.3) is 10.9 Å². The molecule has 0 radical (unpaired) electrons. The molecule has 0 amide bonds. The number of carbonyl (C=O) groups is 1. The van der Waals surface area contributed by atoms with E-state index in [1.54, 1.807) is 31.3 Å². The van der Waals surface area contributed by atoms with Crippen LogP contribution >= 0.6 is 15.9 Å². The zero-order valence-electron chi connectivity index (χ0n) is 20.8. The molecule has 0 bridgehead atoms. The summed E-state index contributed by atoms with van der Waals surface area (Å²) in [4.78, 5) is 29.8. The van der Waals surface area contributed by atoms with Gasteiger partial charge in [-0.05, 0) is 62.6 Å². The molecule has 0 saturated carbocycles. The number of hydrogen-bond acceptors (Lipinski definition) is 7. The molecule has 1 aromatic heterocycles. The first-order chi connectivity index (χ1) is 17.4. The summed E-state index contributed by atoms with van der Waals surface area (Å²) in [5.74, 6) is 1.03. The molecule has 190 valence electrons. The maximum Gasteiger partial charge on any atom is 0.344 e. The van der Waals surface area contributed by atoms with Crippen molar-refractivity contribution in [3.8, 4) is 11.5 Å². The van der Waals surface area contributed by atoms with Crippen molar-refractivity contribution < 1.29 is 19.0 Å². The van der Waals surface area contributed by atoms with Gasteiger partial charge in [-0.25, -0.2) is 9.78 Å². The van der Waals surface area contributed by atoms with E-state index in [1.807, 2.05) is 32.0 Å². The molecule has 9 heteroatoms. The fraction of sp³-hybridized carbons (Fsp3) is 0.333. The summed E-state index contributed by atoms with van der Waals surface area (Å²) >= 11 is 3.42. The van der Waals surface area contributed by atoms with Crippen LogP contribution < -0.4 is 15.0 Å². The van der Waals surface area contributed by atoms with Gasteiger partial charge in [0.05, 0.1) is 30.3 Å². The predicted octanol–water partition coefficient (Wildman–Crippen LogP) is 5.06. The molecule has 3 rings (SSSR count). The highest BCUT2D eigenvalue weighted by atomic mass is 79.9. The predicted molar refractivity (Wildman–Crippen MR) is 144 cm³/mol. The SMILES string of the molecule is C=CCc1cc(C=Nn2c(CCC)nc3ccc(Br)cc3c2=O)cc(OCC)c1OCC(=O)OCC. The van der Waals surface area contributed by atoms with Crippen LogP contribution in [0.15, 0.2) is 57.4 Å². The number of aromatic nitrogens is 2. The molecule has 0 aliphatic carbocycles. The lowest BCUT2D eigenvalue weighted by molar-refractivity contribution is -0.145. The van der Waals surface area contributed by atoms with Gasteiger partial charge in [0.1, 0.15) is 5.82 Å². The third kappa shape index (κ3) is 6.60. The van der Waals surface area contributed by atoms with Gasteiger partial charge in [-0.1, -0.05) is 28.9 Å². The maximum absolute atomic E-state index is 13.3. The summed E-state index contributed by atoms with van der Waals surface area (Å²) in [6, 6.07) is 9.05. The Morgan fingerprint density at radius 1 is 1.17 bits per heavy atom. The Labute approximate surface area is 218 Å². The minimum absolute atomic E-state index is 0.237. The zero-order valence-corrected chi connectivity index (χ0v) is 22.3. The van der Waals surface area contributed by atoms with E-state index in [1.165, 1.54) is 4.68 Å². The van der Waals surface area contributed by atoms with Gasteiger partial charge < -0.3 is 14.2 Å². The first kappa shape index (κ1) is 27.1. The van der Waals surface area contributed by atoms with Crippen LogP contribution in [0.3, 0.4) is 0 Å². The molecule has 0 saturated heterocycles. The third-order valence-electron chi connectivity index (χ3n) is 5.13. The largest absolute Gasteiger partial charge is 0.490 e. The van der Waals surface area contributed by atoms with Crippen molar-refractivity contribution in [1.29, 1.82) is 0 Å². The third-order valence-corrected chi connectivity index (χ3v) is 5.62. The molecule has 0 fully saturated rings. The highest BCUT2D eigenvalue weighted by Crippen LogP contribution is 2.33. The summed E-state index contributed by atoms with van der Waals surface area (Å²) in [7, 11) is 0. The van der Waals surface area contributed by atoms with E-state index in [4.69, 9.17) is 14.2 Å². The maximum atomic E-state index is 13.3. The summed E-state index contributed by atoms with van der Waals surface area (Å²) in [5, 5.41) is 4.99. The van der Waals surface area contributed by atoms with Crippen molar-refractivity contribution in [3.05, 3.63) is 74.8 Å². The Morgan fingerprint density at radius 2 is 1.97 bits per heavy atom. The molecule has 0 atom stereocenters.